The maximum Gasteiger partial charge on any atom is 0.251 e. The molecule has 0 spiro atoms. The number of aromatic nitrogens is 2. The minimum atomic E-state index is -0.867. The molecule has 2 unspecified atom stereocenters. The number of amides is 1. The van der Waals surface area contributed by atoms with Crippen LogP contribution in [0.15, 0.2) is 16.0 Å². The van der Waals surface area contributed by atoms with E-state index in [4.69, 9.17) is 11.5 Å². The molecule has 7 heteroatoms. The van der Waals surface area contributed by atoms with E-state index in [2.05, 4.69) is 9.97 Å². The van der Waals surface area contributed by atoms with Crippen LogP contribution >= 0.6 is 11.8 Å². The number of aromatic amines is 1. The van der Waals surface area contributed by atoms with Crippen LogP contribution in [0, 0.1) is 12.8 Å². The van der Waals surface area contributed by atoms with Gasteiger partial charge in [-0.05, 0) is 32.1 Å². The van der Waals surface area contributed by atoms with Gasteiger partial charge in [0.2, 0.25) is 5.91 Å². The molecule has 1 saturated carbocycles. The van der Waals surface area contributed by atoms with Gasteiger partial charge in [-0.3, -0.25) is 9.59 Å². The van der Waals surface area contributed by atoms with Crippen molar-refractivity contribution in [1.29, 1.82) is 0 Å². The third-order valence-corrected chi connectivity index (χ3v) is 4.79. The highest BCUT2D eigenvalue weighted by Gasteiger charge is 2.43. The molecule has 0 aromatic carbocycles. The molecule has 1 fully saturated rings. The maximum atomic E-state index is 11.5. The second-order valence-electron chi connectivity index (χ2n) is 5.32. The topological polar surface area (TPSA) is 115 Å². The van der Waals surface area contributed by atoms with Crippen molar-refractivity contribution >= 4 is 17.7 Å². The van der Waals surface area contributed by atoms with E-state index in [-0.39, 0.29) is 11.5 Å². The average Bonchev–Trinajstić information content (AvgIpc) is 2.71. The molecular weight excluding hydrogens is 276 g/mol. The predicted molar refractivity (Wildman–Crippen MR) is 78.4 cm³/mol. The fourth-order valence-electron chi connectivity index (χ4n) is 2.75. The molecular formula is C13H20N4O2S. The van der Waals surface area contributed by atoms with E-state index in [9.17, 15) is 9.59 Å². The lowest BCUT2D eigenvalue weighted by Gasteiger charge is -2.27. The number of hydrogen-bond donors (Lipinski definition) is 3. The first kappa shape index (κ1) is 15.1. The normalized spacial score (nSPS) is 25.8. The zero-order valence-corrected chi connectivity index (χ0v) is 12.3. The first-order valence-electron chi connectivity index (χ1n) is 6.71. The first-order valence-corrected chi connectivity index (χ1v) is 7.70. The van der Waals surface area contributed by atoms with Crippen molar-refractivity contribution in [3.8, 4) is 0 Å². The summed E-state index contributed by atoms with van der Waals surface area (Å²) in [6.07, 6.45) is 3.32. The van der Waals surface area contributed by atoms with Gasteiger partial charge in [0, 0.05) is 17.5 Å². The summed E-state index contributed by atoms with van der Waals surface area (Å²) in [6.45, 7) is 1.79. The molecule has 0 saturated heterocycles. The van der Waals surface area contributed by atoms with Crippen LogP contribution < -0.4 is 17.0 Å². The van der Waals surface area contributed by atoms with Crippen LogP contribution in [0.4, 0.5) is 0 Å². The van der Waals surface area contributed by atoms with Gasteiger partial charge in [-0.15, -0.1) is 0 Å². The lowest BCUT2D eigenvalue weighted by Crippen LogP contribution is -2.54. The second-order valence-corrected chi connectivity index (χ2v) is 6.41. The van der Waals surface area contributed by atoms with E-state index in [1.54, 1.807) is 6.92 Å². The Kier molecular flexibility index (Phi) is 4.49. The van der Waals surface area contributed by atoms with E-state index in [0.717, 1.165) is 25.0 Å². The summed E-state index contributed by atoms with van der Waals surface area (Å²) in [5.74, 6) is 0.458. The summed E-state index contributed by atoms with van der Waals surface area (Å²) >= 11 is 1.47. The Morgan fingerprint density at radius 1 is 1.65 bits per heavy atom. The number of primary amides is 1. The van der Waals surface area contributed by atoms with Gasteiger partial charge in [-0.2, -0.15) is 0 Å². The highest BCUT2D eigenvalue weighted by atomic mass is 32.2. The molecule has 20 heavy (non-hydrogen) atoms. The Hall–Kier alpha value is -1.34. The van der Waals surface area contributed by atoms with Crippen molar-refractivity contribution in [3.63, 3.8) is 0 Å². The number of carbonyl (C=O) groups is 1. The lowest BCUT2D eigenvalue weighted by atomic mass is 9.85. The van der Waals surface area contributed by atoms with E-state index >= 15 is 0 Å². The number of carbonyl (C=O) groups excluding carboxylic acids is 1. The fourth-order valence-corrected chi connectivity index (χ4v) is 3.72. The maximum absolute atomic E-state index is 11.5. The summed E-state index contributed by atoms with van der Waals surface area (Å²) in [5, 5.41) is 0.606. The van der Waals surface area contributed by atoms with Crippen LogP contribution in [0.3, 0.4) is 0 Å². The van der Waals surface area contributed by atoms with E-state index in [0.29, 0.717) is 17.3 Å². The quantitative estimate of drug-likeness (QED) is 0.542. The second kappa shape index (κ2) is 5.97. The number of H-pyrrole nitrogens is 1. The molecule has 0 radical (unpaired) electrons. The number of thioether (sulfide) groups is 1. The third-order valence-electron chi connectivity index (χ3n) is 3.88. The summed E-state index contributed by atoms with van der Waals surface area (Å²) < 4.78 is 0. The zero-order chi connectivity index (χ0) is 14.8. The van der Waals surface area contributed by atoms with Crippen molar-refractivity contribution < 1.29 is 4.79 Å². The van der Waals surface area contributed by atoms with Gasteiger partial charge in [0.05, 0.1) is 5.54 Å². The molecule has 5 N–H and O–H groups in total. The van der Waals surface area contributed by atoms with Crippen LogP contribution in [-0.2, 0) is 4.79 Å². The molecule has 1 aliphatic carbocycles. The van der Waals surface area contributed by atoms with Gasteiger partial charge in [0.25, 0.3) is 5.56 Å². The summed E-state index contributed by atoms with van der Waals surface area (Å²) in [4.78, 5) is 29.8. The molecule has 1 aliphatic rings. The smallest absolute Gasteiger partial charge is 0.251 e. The SMILES string of the molecule is Cc1cc(=O)[nH]c(SCCC2CCCC2(N)C(N)=O)n1. The number of nitrogens with two attached hydrogens (primary N) is 2. The monoisotopic (exact) mass is 296 g/mol. The Bertz CT molecular complexity index is 560. The molecule has 1 heterocycles. The van der Waals surface area contributed by atoms with Crippen molar-refractivity contribution in [2.45, 2.75) is 43.3 Å². The van der Waals surface area contributed by atoms with Gasteiger partial charge in [0.15, 0.2) is 5.16 Å². The number of nitrogens with zero attached hydrogens (tertiary/aromatic N) is 1. The summed E-state index contributed by atoms with van der Waals surface area (Å²) in [7, 11) is 0. The molecule has 110 valence electrons. The Labute approximate surface area is 121 Å². The Balaban J connectivity index is 1.93. The standard InChI is InChI=1S/C13H20N4O2S/c1-8-7-10(18)17-12(16-8)20-6-4-9-3-2-5-13(9,15)11(14)19/h7,9H,2-6,15H2,1H3,(H2,14,19)(H,16,17,18). The van der Waals surface area contributed by atoms with Gasteiger partial charge >= 0.3 is 0 Å². The molecule has 2 atom stereocenters. The fraction of sp³-hybridized carbons (Fsp3) is 0.615. The first-order chi connectivity index (χ1) is 9.41. The lowest BCUT2D eigenvalue weighted by molar-refractivity contribution is -0.124. The number of aryl methyl sites for hydroxylation is 1. The predicted octanol–water partition coefficient (Wildman–Crippen LogP) is 0.543. The van der Waals surface area contributed by atoms with Gasteiger partial charge < -0.3 is 16.5 Å². The number of rotatable bonds is 5. The van der Waals surface area contributed by atoms with Crippen molar-refractivity contribution in [2.24, 2.45) is 17.4 Å². The highest BCUT2D eigenvalue weighted by Crippen LogP contribution is 2.36. The van der Waals surface area contributed by atoms with Crippen molar-refractivity contribution in [1.82, 2.24) is 9.97 Å². The molecule has 1 aromatic rings. The Morgan fingerprint density at radius 3 is 3.05 bits per heavy atom. The van der Waals surface area contributed by atoms with E-state index in [1.165, 1.54) is 17.8 Å². The molecule has 0 bridgehead atoms. The van der Waals surface area contributed by atoms with Gasteiger partial charge in [-0.25, -0.2) is 4.98 Å². The van der Waals surface area contributed by atoms with Crippen LogP contribution in [-0.4, -0.2) is 27.2 Å². The Morgan fingerprint density at radius 2 is 2.40 bits per heavy atom. The van der Waals surface area contributed by atoms with E-state index < -0.39 is 11.4 Å². The van der Waals surface area contributed by atoms with Crippen LogP contribution in [0.1, 0.15) is 31.4 Å². The molecule has 1 aromatic heterocycles. The van der Waals surface area contributed by atoms with Crippen LogP contribution in [0.5, 0.6) is 0 Å². The van der Waals surface area contributed by atoms with Crippen LogP contribution in [0.2, 0.25) is 0 Å². The largest absolute Gasteiger partial charge is 0.368 e. The zero-order valence-electron chi connectivity index (χ0n) is 11.5. The molecule has 0 aliphatic heterocycles. The third kappa shape index (κ3) is 3.21. The summed E-state index contributed by atoms with van der Waals surface area (Å²) in [5.41, 5.74) is 11.2. The number of nitrogens with one attached hydrogen (secondary N) is 1. The van der Waals surface area contributed by atoms with E-state index in [1.807, 2.05) is 0 Å². The highest BCUT2D eigenvalue weighted by molar-refractivity contribution is 7.99. The van der Waals surface area contributed by atoms with Crippen molar-refractivity contribution in [2.75, 3.05) is 5.75 Å². The average molecular weight is 296 g/mol. The summed E-state index contributed by atoms with van der Waals surface area (Å²) in [6, 6.07) is 1.46. The molecule has 1 amide bonds. The van der Waals surface area contributed by atoms with Gasteiger partial charge in [-0.1, -0.05) is 18.2 Å². The van der Waals surface area contributed by atoms with Gasteiger partial charge in [0.1, 0.15) is 0 Å². The minimum absolute atomic E-state index is 0.115. The molecule has 6 nitrogen and oxygen atoms in total. The van der Waals surface area contributed by atoms with Crippen LogP contribution in [0.25, 0.3) is 0 Å². The van der Waals surface area contributed by atoms with Crippen molar-refractivity contribution in [3.05, 3.63) is 22.1 Å². The minimum Gasteiger partial charge on any atom is -0.368 e. The number of hydrogen-bond acceptors (Lipinski definition) is 5. The molecule has 2 rings (SSSR count).